The molecule has 1 aromatic heterocycles. The van der Waals surface area contributed by atoms with Crippen molar-refractivity contribution in [3.63, 3.8) is 0 Å². The van der Waals surface area contributed by atoms with Gasteiger partial charge in [-0.2, -0.15) is 0 Å². The first-order valence-electron chi connectivity index (χ1n) is 4.38. The first-order valence-corrected chi connectivity index (χ1v) is 4.38. The van der Waals surface area contributed by atoms with Crippen LogP contribution in [0.1, 0.15) is 32.0 Å². The highest BCUT2D eigenvalue weighted by Gasteiger charge is 2.22. The molecular weight excluding hydrogens is 146 g/mol. The molecule has 0 bridgehead atoms. The maximum absolute atomic E-state index is 2.23. The molecule has 0 atom stereocenters. The topological polar surface area (TPSA) is 3.88 Å². The highest BCUT2D eigenvalue weighted by Crippen LogP contribution is 2.17. The van der Waals surface area contributed by atoms with Gasteiger partial charge >= 0.3 is 0 Å². The van der Waals surface area contributed by atoms with Crippen LogP contribution in [0.25, 0.3) is 0 Å². The minimum atomic E-state index is 0.239. The lowest BCUT2D eigenvalue weighted by Gasteiger charge is -2.15. The molecule has 0 aliphatic heterocycles. The second kappa shape index (κ2) is 2.89. The number of hydrogen-bond donors (Lipinski definition) is 0. The number of hydrogen-bond acceptors (Lipinski definition) is 0. The van der Waals surface area contributed by atoms with E-state index < -0.39 is 0 Å². The maximum Gasteiger partial charge on any atom is 0.186 e. The molecule has 0 N–H and O–H groups in total. The third-order valence-electron chi connectivity index (χ3n) is 2.05. The molecule has 1 aromatic rings. The molecule has 0 aliphatic rings. The lowest BCUT2D eigenvalue weighted by atomic mass is 9.91. The van der Waals surface area contributed by atoms with Crippen LogP contribution in [0.15, 0.2) is 18.3 Å². The van der Waals surface area contributed by atoms with Crippen LogP contribution in [0.4, 0.5) is 0 Å². The number of pyridine rings is 1. The lowest BCUT2D eigenvalue weighted by Crippen LogP contribution is -2.39. The van der Waals surface area contributed by atoms with Gasteiger partial charge in [-0.05, 0) is 13.0 Å². The minimum absolute atomic E-state index is 0.239. The Balaban J connectivity index is 3.19. The van der Waals surface area contributed by atoms with Crippen molar-refractivity contribution < 1.29 is 4.57 Å². The molecule has 12 heavy (non-hydrogen) atoms. The van der Waals surface area contributed by atoms with E-state index in [1.54, 1.807) is 0 Å². The summed E-state index contributed by atoms with van der Waals surface area (Å²) in [6.45, 7) is 8.82. The zero-order valence-corrected chi connectivity index (χ0v) is 8.68. The van der Waals surface area contributed by atoms with Gasteiger partial charge in [-0.3, -0.25) is 0 Å². The molecular formula is C11H18N+. The Bertz CT molecular complexity index is 282. The summed E-state index contributed by atoms with van der Waals surface area (Å²) in [5.74, 6) is 0. The average molecular weight is 164 g/mol. The highest BCUT2D eigenvalue weighted by molar-refractivity contribution is 5.12. The van der Waals surface area contributed by atoms with Gasteiger partial charge in [-0.25, -0.2) is 4.57 Å². The molecule has 66 valence electrons. The predicted molar refractivity (Wildman–Crippen MR) is 51.1 cm³/mol. The quantitative estimate of drug-likeness (QED) is 0.517. The third-order valence-corrected chi connectivity index (χ3v) is 2.05. The molecule has 1 heteroatoms. The van der Waals surface area contributed by atoms with Crippen LogP contribution in [0.2, 0.25) is 0 Å². The van der Waals surface area contributed by atoms with Crippen molar-refractivity contribution in [1.29, 1.82) is 0 Å². The molecule has 0 unspecified atom stereocenters. The molecule has 0 aromatic carbocycles. The fourth-order valence-corrected chi connectivity index (χ4v) is 1.53. The normalized spacial score (nSPS) is 11.8. The molecule has 0 saturated heterocycles. The summed E-state index contributed by atoms with van der Waals surface area (Å²) in [6, 6.07) is 4.37. The van der Waals surface area contributed by atoms with E-state index in [-0.39, 0.29) is 5.41 Å². The van der Waals surface area contributed by atoms with Crippen molar-refractivity contribution in [3.05, 3.63) is 29.6 Å². The van der Waals surface area contributed by atoms with Crippen LogP contribution in [0.3, 0.4) is 0 Å². The van der Waals surface area contributed by atoms with Crippen LogP contribution >= 0.6 is 0 Å². The Kier molecular flexibility index (Phi) is 2.22. The van der Waals surface area contributed by atoms with E-state index in [1.165, 1.54) is 11.3 Å². The smallest absolute Gasteiger partial charge is 0.186 e. The summed E-state index contributed by atoms with van der Waals surface area (Å²) in [4.78, 5) is 0. The van der Waals surface area contributed by atoms with Gasteiger partial charge in [0.05, 0.1) is 0 Å². The van der Waals surface area contributed by atoms with Gasteiger partial charge in [0.1, 0.15) is 7.05 Å². The van der Waals surface area contributed by atoms with E-state index in [9.17, 15) is 0 Å². The summed E-state index contributed by atoms with van der Waals surface area (Å²) >= 11 is 0. The van der Waals surface area contributed by atoms with Gasteiger partial charge in [0.25, 0.3) is 0 Å². The largest absolute Gasteiger partial charge is 0.204 e. The standard InChI is InChI=1S/C11H18N/c1-9-6-7-10(11(2,3)4)12(5)8-9/h6-8H,1-5H3/q+1. The maximum atomic E-state index is 2.23. The Hall–Kier alpha value is -0.850. The SMILES string of the molecule is Cc1ccc(C(C)(C)C)[n+](C)c1. The number of aromatic nitrogens is 1. The van der Waals surface area contributed by atoms with E-state index in [2.05, 4.69) is 57.6 Å². The molecule has 0 radical (unpaired) electrons. The highest BCUT2D eigenvalue weighted by atomic mass is 14.9. The van der Waals surface area contributed by atoms with Crippen molar-refractivity contribution in [1.82, 2.24) is 0 Å². The molecule has 1 heterocycles. The molecule has 0 aliphatic carbocycles. The summed E-state index contributed by atoms with van der Waals surface area (Å²) in [5, 5.41) is 0. The van der Waals surface area contributed by atoms with E-state index >= 15 is 0 Å². The number of nitrogens with zero attached hydrogens (tertiary/aromatic N) is 1. The zero-order valence-electron chi connectivity index (χ0n) is 8.68. The van der Waals surface area contributed by atoms with Gasteiger partial charge in [0.15, 0.2) is 11.9 Å². The summed E-state index contributed by atoms with van der Waals surface area (Å²) in [6.07, 6.45) is 2.17. The first kappa shape index (κ1) is 9.24. The van der Waals surface area contributed by atoms with Gasteiger partial charge in [0, 0.05) is 17.0 Å². The molecule has 0 fully saturated rings. The van der Waals surface area contributed by atoms with Crippen molar-refractivity contribution >= 4 is 0 Å². The van der Waals surface area contributed by atoms with Gasteiger partial charge in [-0.1, -0.05) is 20.8 Å². The van der Waals surface area contributed by atoms with Crippen LogP contribution < -0.4 is 4.57 Å². The third kappa shape index (κ3) is 1.84. The van der Waals surface area contributed by atoms with Crippen LogP contribution in [-0.4, -0.2) is 0 Å². The Morgan fingerprint density at radius 1 is 1.17 bits per heavy atom. The lowest BCUT2D eigenvalue weighted by molar-refractivity contribution is -0.682. The monoisotopic (exact) mass is 164 g/mol. The number of rotatable bonds is 0. The van der Waals surface area contributed by atoms with Crippen molar-refractivity contribution in [2.24, 2.45) is 7.05 Å². The summed E-state index contributed by atoms with van der Waals surface area (Å²) < 4.78 is 2.20. The second-order valence-electron chi connectivity index (χ2n) is 4.45. The van der Waals surface area contributed by atoms with Crippen molar-refractivity contribution in [2.75, 3.05) is 0 Å². The predicted octanol–water partition coefficient (Wildman–Crippen LogP) is 2.12. The van der Waals surface area contributed by atoms with E-state index in [4.69, 9.17) is 0 Å². The first-order chi connectivity index (χ1) is 5.41. The van der Waals surface area contributed by atoms with Gasteiger partial charge in [-0.15, -0.1) is 0 Å². The Morgan fingerprint density at radius 3 is 2.17 bits per heavy atom. The Morgan fingerprint density at radius 2 is 1.75 bits per heavy atom. The summed E-state index contributed by atoms with van der Waals surface area (Å²) in [7, 11) is 2.10. The van der Waals surface area contributed by atoms with Crippen molar-refractivity contribution in [2.45, 2.75) is 33.1 Å². The van der Waals surface area contributed by atoms with Crippen LogP contribution in [0.5, 0.6) is 0 Å². The number of aryl methyl sites for hydroxylation is 2. The van der Waals surface area contributed by atoms with E-state index in [0.717, 1.165) is 0 Å². The molecule has 0 saturated carbocycles. The van der Waals surface area contributed by atoms with Crippen molar-refractivity contribution in [3.8, 4) is 0 Å². The molecule has 1 rings (SSSR count). The van der Waals surface area contributed by atoms with E-state index in [1.807, 2.05) is 0 Å². The summed E-state index contributed by atoms with van der Waals surface area (Å²) in [5.41, 5.74) is 2.92. The van der Waals surface area contributed by atoms with Crippen LogP contribution in [-0.2, 0) is 12.5 Å². The minimum Gasteiger partial charge on any atom is -0.204 e. The van der Waals surface area contributed by atoms with Crippen LogP contribution in [0, 0.1) is 6.92 Å². The fraction of sp³-hybridized carbons (Fsp3) is 0.545. The Labute approximate surface area is 75.1 Å². The van der Waals surface area contributed by atoms with Gasteiger partial charge in [0.2, 0.25) is 0 Å². The zero-order chi connectivity index (χ0) is 9.35. The second-order valence-corrected chi connectivity index (χ2v) is 4.45. The molecule has 1 nitrogen and oxygen atoms in total. The molecule has 0 spiro atoms. The van der Waals surface area contributed by atoms with Gasteiger partial charge < -0.3 is 0 Å². The van der Waals surface area contributed by atoms with E-state index in [0.29, 0.717) is 0 Å². The fourth-order valence-electron chi connectivity index (χ4n) is 1.53. The molecule has 0 amide bonds. The average Bonchev–Trinajstić information content (AvgIpc) is 1.83.